The molecule has 20 nitrogen and oxygen atoms in total. The van der Waals surface area contributed by atoms with Crippen LogP contribution in [-0.4, -0.2) is 89.8 Å². The van der Waals surface area contributed by atoms with Gasteiger partial charge in [0.15, 0.2) is 0 Å². The number of fused-ring (bicyclic) bond motifs is 14. The zero-order chi connectivity index (χ0) is 83.1. The molecule has 20 aromatic rings. The van der Waals surface area contributed by atoms with E-state index in [0.717, 1.165) is 84.6 Å². The maximum Gasteiger partial charge on any atom is 0.210 e. The number of hydrogen-bond acceptors (Lipinski definition) is 15. The fourth-order valence-electron chi connectivity index (χ4n) is 17.7. The highest BCUT2D eigenvalue weighted by atomic mass is 32.2. The highest BCUT2D eigenvalue weighted by molar-refractivity contribution is 7.93. The van der Waals surface area contributed by atoms with Crippen molar-refractivity contribution in [1.29, 1.82) is 0 Å². The number of hydrogen-bond donors (Lipinski definition) is 0. The molecular weight excluding hydrogens is 1610 g/mol. The molecule has 0 atom stereocenters. The topological polar surface area (TPSA) is 260 Å². The highest BCUT2D eigenvalue weighted by Crippen LogP contribution is 2.48. The molecular formula is C96H68N10O10S5. The molecule has 5 aliphatic rings. The van der Waals surface area contributed by atoms with Crippen LogP contribution < -0.4 is 0 Å². The second kappa shape index (κ2) is 27.1. The molecule has 0 saturated heterocycles. The Balaban J connectivity index is 0.0000000947. The molecule has 0 amide bonds. The lowest BCUT2D eigenvalue weighted by Gasteiger charge is -2.25. The van der Waals surface area contributed by atoms with Crippen molar-refractivity contribution in [3.63, 3.8) is 0 Å². The first-order valence-electron chi connectivity index (χ1n) is 39.0. The molecule has 0 radical (unpaired) electrons. The van der Waals surface area contributed by atoms with Gasteiger partial charge in [-0.2, -0.15) is 0 Å². The summed E-state index contributed by atoms with van der Waals surface area (Å²) in [4.78, 5) is 26.9. The summed E-state index contributed by atoms with van der Waals surface area (Å²) in [5.41, 5.74) is 12.0. The van der Waals surface area contributed by atoms with Gasteiger partial charge >= 0.3 is 0 Å². The Morgan fingerprint density at radius 3 is 1.02 bits per heavy atom. The number of sulfone groups is 5. The minimum atomic E-state index is -3.61. The lowest BCUT2D eigenvalue weighted by atomic mass is 9.95. The molecule has 10 heterocycles. The van der Waals surface area contributed by atoms with Crippen molar-refractivity contribution in [3.05, 3.63) is 327 Å². The Morgan fingerprint density at radius 1 is 0.264 bits per heavy atom. The molecule has 0 spiro atoms. The van der Waals surface area contributed by atoms with Crippen LogP contribution in [0, 0.1) is 6.92 Å². The fraction of sp³-hybridized carbons (Fsp3) is 0.0729. The Hall–Kier alpha value is -13.8. The summed E-state index contributed by atoms with van der Waals surface area (Å²) in [6, 6.07) is 95.1. The van der Waals surface area contributed by atoms with E-state index in [0.29, 0.717) is 122 Å². The monoisotopic (exact) mass is 1680 g/mol. The van der Waals surface area contributed by atoms with Crippen LogP contribution in [0.4, 0.5) is 0 Å². The quantitative estimate of drug-likeness (QED) is 0.149. The number of aryl methyl sites for hydroxylation is 2. The van der Waals surface area contributed by atoms with Gasteiger partial charge in [0.25, 0.3) is 0 Å². The molecule has 0 aliphatic carbocycles. The van der Waals surface area contributed by atoms with Crippen LogP contribution in [0.3, 0.4) is 0 Å². The maximum atomic E-state index is 13.4. The van der Waals surface area contributed by atoms with E-state index in [9.17, 15) is 42.1 Å². The minimum absolute atomic E-state index is 0.190. The lowest BCUT2D eigenvalue weighted by molar-refractivity contribution is 0.535. The predicted octanol–water partition coefficient (Wildman–Crippen LogP) is 19.8. The third-order valence-corrected chi connectivity index (χ3v) is 32.1. The van der Waals surface area contributed by atoms with Crippen molar-refractivity contribution >= 4 is 137 Å². The Bertz CT molecular complexity index is 8570. The van der Waals surface area contributed by atoms with Gasteiger partial charge in [-0.05, 0) is 167 Å². The predicted molar refractivity (Wildman–Crippen MR) is 469 cm³/mol. The first kappa shape index (κ1) is 74.7. The van der Waals surface area contributed by atoms with Gasteiger partial charge in [-0.15, -0.1) is 0 Å². The molecule has 0 fully saturated rings. The molecule has 121 heavy (non-hydrogen) atoms. The van der Waals surface area contributed by atoms with Crippen LogP contribution in [0.2, 0.25) is 0 Å². The molecule has 25 rings (SSSR count). The van der Waals surface area contributed by atoms with Crippen molar-refractivity contribution in [1.82, 2.24) is 47.8 Å². The van der Waals surface area contributed by atoms with Gasteiger partial charge in [0.1, 0.15) is 29.1 Å². The van der Waals surface area contributed by atoms with E-state index >= 15 is 0 Å². The molecule has 5 aromatic heterocycles. The zero-order valence-electron chi connectivity index (χ0n) is 65.2. The van der Waals surface area contributed by atoms with Gasteiger partial charge in [-0.1, -0.05) is 210 Å². The van der Waals surface area contributed by atoms with Crippen molar-refractivity contribution in [2.24, 2.45) is 0 Å². The molecule has 15 aromatic carbocycles. The number of imidazole rings is 5. The van der Waals surface area contributed by atoms with E-state index < -0.39 is 49.2 Å². The number of rotatable bonds is 3. The Kier molecular flexibility index (Phi) is 16.7. The van der Waals surface area contributed by atoms with Crippen molar-refractivity contribution < 1.29 is 42.1 Å². The van der Waals surface area contributed by atoms with E-state index in [1.165, 1.54) is 5.39 Å². The summed E-state index contributed by atoms with van der Waals surface area (Å²) in [5, 5.41) is 6.76. The van der Waals surface area contributed by atoms with E-state index in [-0.39, 0.29) is 5.41 Å². The van der Waals surface area contributed by atoms with E-state index in [4.69, 9.17) is 15.0 Å². The Labute approximate surface area is 694 Å². The first-order valence-corrected chi connectivity index (χ1v) is 46.4. The third kappa shape index (κ3) is 11.1. The van der Waals surface area contributed by atoms with E-state index in [1.807, 2.05) is 170 Å². The number of para-hydroxylation sites is 10. The highest BCUT2D eigenvalue weighted by Gasteiger charge is 2.40. The average molecular weight is 1680 g/mol. The fourth-order valence-corrected chi connectivity index (χ4v) is 25.9. The standard InChI is InChI=1S/C27H16N2O2S.C23H14N2O2S.C17H16N2O2S.C15H12N2O2S.C14H10N2O2S/c30-32(31)24-14-6-5-13-23(24)29-26-22(12-7-15-25(26)32)28-27(29)21-16-17-8-1-2-9-18(17)19-10-3-4-11-20(19)21;26-28(27)20-13-4-3-12-19(20)25-22-18(11-6-14-21(22)28)24-23(25)17-10-5-8-15-7-1-2-9-16(15)17;1-17(2,3)16-18-11-7-6-10-14-15(11)19(16)12-8-4-5-9-13(12)22(14,20)21;1-2-14-16-10-6-5-9-13-15(10)17(14)11-7-3-4-8-12(11)20(13,18)19;1-9-15-10-5-4-8-13-14(10)16(9)11-6-2-3-7-12(11)19(13,17)18/h1-16H;1-14H;4-10H,1-3H3;3-9H,2H2,1H3;2-8H,1H3. The average Bonchev–Trinajstić information content (AvgIpc) is 1.60. The summed E-state index contributed by atoms with van der Waals surface area (Å²) in [7, 11) is -17.6. The number of nitrogens with zero attached hydrogens (tertiary/aromatic N) is 10. The molecule has 25 heteroatoms. The van der Waals surface area contributed by atoms with Gasteiger partial charge in [-0.25, -0.2) is 67.0 Å². The summed E-state index contributed by atoms with van der Waals surface area (Å²) in [5.74, 6) is 4.05. The SMILES string of the molecule is CC(C)(C)c1nc2cccc3c2n1-c1ccccc1S3(=O)=O.CCc1nc2cccc3c2n1-c1ccccc1S3(=O)=O.Cc1nc2cccc3c2n1-c1ccccc1S3(=O)=O.O=S1(=O)c2ccccc2-n2c(-c3cc4ccccc4c4ccccc34)nc3cccc1c32.O=S1(=O)c2ccccc2-n2c(-c3cccc4ccccc34)nc3cccc1c32. The normalized spacial score (nSPS) is 14.9. The maximum absolute atomic E-state index is 13.4. The molecule has 5 aliphatic heterocycles. The Morgan fingerprint density at radius 2 is 0.570 bits per heavy atom. The third-order valence-electron chi connectivity index (χ3n) is 22.9. The summed E-state index contributed by atoms with van der Waals surface area (Å²) < 4.78 is 140. The summed E-state index contributed by atoms with van der Waals surface area (Å²) >= 11 is 0. The summed E-state index contributed by atoms with van der Waals surface area (Å²) in [6.45, 7) is 10.2. The smallest absolute Gasteiger partial charge is 0.210 e. The van der Waals surface area contributed by atoms with Crippen LogP contribution in [0.1, 0.15) is 45.2 Å². The van der Waals surface area contributed by atoms with Crippen molar-refractivity contribution in [2.45, 2.75) is 95.4 Å². The van der Waals surface area contributed by atoms with Gasteiger partial charge in [0.05, 0.1) is 133 Å². The summed E-state index contributed by atoms with van der Waals surface area (Å²) in [6.07, 6.45) is 0.752. The van der Waals surface area contributed by atoms with Gasteiger partial charge < -0.3 is 0 Å². The second-order valence-electron chi connectivity index (χ2n) is 31.0. The van der Waals surface area contributed by atoms with Crippen LogP contribution in [-0.2, 0) is 61.0 Å². The zero-order valence-corrected chi connectivity index (χ0v) is 69.3. The molecule has 592 valence electrons. The lowest BCUT2D eigenvalue weighted by Crippen LogP contribution is -2.22. The van der Waals surface area contributed by atoms with E-state index in [1.54, 1.807) is 121 Å². The first-order chi connectivity index (χ1) is 58.4. The van der Waals surface area contributed by atoms with Crippen LogP contribution in [0.25, 0.3) is 139 Å². The number of aromatic nitrogens is 10. The molecule has 0 unspecified atom stereocenters. The van der Waals surface area contributed by atoms with Crippen molar-refractivity contribution in [3.8, 4) is 51.2 Å². The van der Waals surface area contributed by atoms with Crippen molar-refractivity contribution in [2.75, 3.05) is 0 Å². The number of benzene rings is 15. The van der Waals surface area contributed by atoms with Crippen LogP contribution in [0.15, 0.2) is 358 Å². The molecule has 0 N–H and O–H groups in total. The second-order valence-corrected chi connectivity index (χ2v) is 40.4. The molecule has 0 bridgehead atoms. The van der Waals surface area contributed by atoms with Crippen LogP contribution in [0.5, 0.6) is 0 Å². The van der Waals surface area contributed by atoms with Gasteiger partial charge in [0, 0.05) is 23.0 Å². The van der Waals surface area contributed by atoms with E-state index in [2.05, 4.69) is 85.3 Å². The van der Waals surface area contributed by atoms with Gasteiger partial charge in [-0.3, -0.25) is 22.8 Å². The van der Waals surface area contributed by atoms with Gasteiger partial charge in [0.2, 0.25) is 49.2 Å². The molecule has 0 saturated carbocycles. The van der Waals surface area contributed by atoms with Crippen LogP contribution >= 0.6 is 0 Å². The largest absolute Gasteiger partial charge is 0.294 e. The minimum Gasteiger partial charge on any atom is -0.294 e.